The van der Waals surface area contributed by atoms with Crippen LogP contribution in [0.1, 0.15) is 13.3 Å². The van der Waals surface area contributed by atoms with E-state index < -0.39 is 0 Å². The summed E-state index contributed by atoms with van der Waals surface area (Å²) in [5.74, 6) is 0.112. The first-order valence-electron chi connectivity index (χ1n) is 3.55. The Kier molecular flexibility index (Phi) is 1.94. The summed E-state index contributed by atoms with van der Waals surface area (Å²) in [5.41, 5.74) is -0.200. The SMILES string of the molecule is CCC1(C(=O)NC)COC1. The Bertz CT molecular complexity index is 135. The highest BCUT2D eigenvalue weighted by Gasteiger charge is 2.43. The average molecular weight is 143 g/mol. The van der Waals surface area contributed by atoms with Gasteiger partial charge in [0.1, 0.15) is 0 Å². The Labute approximate surface area is 60.7 Å². The largest absolute Gasteiger partial charge is 0.379 e. The number of amides is 1. The summed E-state index contributed by atoms with van der Waals surface area (Å²) >= 11 is 0. The molecular formula is C7H13NO2. The van der Waals surface area contributed by atoms with Crippen LogP contribution in [-0.4, -0.2) is 26.2 Å². The van der Waals surface area contributed by atoms with Crippen molar-refractivity contribution in [3.63, 3.8) is 0 Å². The number of rotatable bonds is 2. The van der Waals surface area contributed by atoms with Gasteiger partial charge in [-0.3, -0.25) is 4.79 Å². The molecule has 0 aliphatic carbocycles. The van der Waals surface area contributed by atoms with Crippen LogP contribution >= 0.6 is 0 Å². The van der Waals surface area contributed by atoms with Crippen molar-refractivity contribution in [1.82, 2.24) is 5.32 Å². The normalized spacial score (nSPS) is 21.4. The van der Waals surface area contributed by atoms with Crippen molar-refractivity contribution in [2.24, 2.45) is 5.41 Å². The van der Waals surface area contributed by atoms with Crippen molar-refractivity contribution in [3.05, 3.63) is 0 Å². The second kappa shape index (κ2) is 2.58. The quantitative estimate of drug-likeness (QED) is 0.598. The van der Waals surface area contributed by atoms with E-state index in [1.54, 1.807) is 7.05 Å². The molecule has 0 aromatic carbocycles. The smallest absolute Gasteiger partial charge is 0.230 e. The predicted octanol–water partition coefficient (Wildman–Crippen LogP) is 0.159. The molecule has 0 unspecified atom stereocenters. The highest BCUT2D eigenvalue weighted by molar-refractivity contribution is 5.83. The van der Waals surface area contributed by atoms with Gasteiger partial charge in [-0.1, -0.05) is 6.92 Å². The maximum atomic E-state index is 11.2. The lowest BCUT2D eigenvalue weighted by molar-refractivity contribution is -0.161. The molecule has 3 heteroatoms. The van der Waals surface area contributed by atoms with Crippen LogP contribution in [0.25, 0.3) is 0 Å². The molecule has 10 heavy (non-hydrogen) atoms. The fraction of sp³-hybridized carbons (Fsp3) is 0.857. The molecule has 1 fully saturated rings. The summed E-state index contributed by atoms with van der Waals surface area (Å²) in [6, 6.07) is 0. The van der Waals surface area contributed by atoms with Gasteiger partial charge in [0.2, 0.25) is 5.91 Å². The van der Waals surface area contributed by atoms with E-state index in [1.807, 2.05) is 6.92 Å². The molecule has 0 bridgehead atoms. The fourth-order valence-corrected chi connectivity index (χ4v) is 1.11. The molecule has 0 aromatic rings. The summed E-state index contributed by atoms with van der Waals surface area (Å²) in [6.45, 7) is 3.18. The van der Waals surface area contributed by atoms with Crippen molar-refractivity contribution in [2.75, 3.05) is 20.3 Å². The van der Waals surface area contributed by atoms with Crippen LogP contribution in [0.4, 0.5) is 0 Å². The molecule has 1 amide bonds. The van der Waals surface area contributed by atoms with E-state index in [0.717, 1.165) is 6.42 Å². The first-order valence-corrected chi connectivity index (χ1v) is 3.55. The second-order valence-electron chi connectivity index (χ2n) is 2.71. The Morgan fingerprint density at radius 3 is 2.40 bits per heavy atom. The zero-order chi connectivity index (χ0) is 7.61. The molecular weight excluding hydrogens is 130 g/mol. The van der Waals surface area contributed by atoms with Crippen LogP contribution in [-0.2, 0) is 9.53 Å². The van der Waals surface area contributed by atoms with Crippen LogP contribution in [0.5, 0.6) is 0 Å². The molecule has 0 aromatic heterocycles. The number of hydrogen-bond donors (Lipinski definition) is 1. The van der Waals surface area contributed by atoms with Gasteiger partial charge in [-0.05, 0) is 6.42 Å². The van der Waals surface area contributed by atoms with E-state index >= 15 is 0 Å². The van der Waals surface area contributed by atoms with Crippen molar-refractivity contribution in [3.8, 4) is 0 Å². The van der Waals surface area contributed by atoms with E-state index in [-0.39, 0.29) is 11.3 Å². The number of carbonyl (C=O) groups is 1. The molecule has 1 N–H and O–H groups in total. The van der Waals surface area contributed by atoms with Crippen LogP contribution in [0.2, 0.25) is 0 Å². The van der Waals surface area contributed by atoms with Crippen molar-refractivity contribution >= 4 is 5.91 Å². The van der Waals surface area contributed by atoms with Gasteiger partial charge in [-0.25, -0.2) is 0 Å². The Balaban J connectivity index is 2.55. The number of carbonyl (C=O) groups excluding carboxylic acids is 1. The van der Waals surface area contributed by atoms with Crippen LogP contribution in [0, 0.1) is 5.41 Å². The summed E-state index contributed by atoms with van der Waals surface area (Å²) in [7, 11) is 1.66. The first kappa shape index (κ1) is 7.54. The Morgan fingerprint density at radius 2 is 2.30 bits per heavy atom. The fourth-order valence-electron chi connectivity index (χ4n) is 1.11. The third-order valence-electron chi connectivity index (χ3n) is 2.14. The minimum atomic E-state index is -0.200. The number of nitrogens with one attached hydrogen (secondary N) is 1. The van der Waals surface area contributed by atoms with Gasteiger partial charge in [0.25, 0.3) is 0 Å². The van der Waals surface area contributed by atoms with E-state index in [2.05, 4.69) is 5.32 Å². The molecule has 0 saturated carbocycles. The standard InChI is InChI=1S/C7H13NO2/c1-3-7(4-10-5-7)6(9)8-2/h3-5H2,1-2H3,(H,8,9). The summed E-state index contributed by atoms with van der Waals surface area (Å²) in [5, 5.41) is 2.64. The Morgan fingerprint density at radius 1 is 1.70 bits per heavy atom. The lowest BCUT2D eigenvalue weighted by Gasteiger charge is -2.38. The van der Waals surface area contributed by atoms with Gasteiger partial charge >= 0.3 is 0 Å². The van der Waals surface area contributed by atoms with Gasteiger partial charge < -0.3 is 10.1 Å². The average Bonchev–Trinajstić information content (AvgIpc) is 1.86. The Hall–Kier alpha value is -0.570. The molecule has 1 saturated heterocycles. The molecule has 0 radical (unpaired) electrons. The minimum absolute atomic E-state index is 0.112. The highest BCUT2D eigenvalue weighted by Crippen LogP contribution is 2.30. The third kappa shape index (κ3) is 0.904. The van der Waals surface area contributed by atoms with E-state index in [4.69, 9.17) is 4.74 Å². The van der Waals surface area contributed by atoms with Gasteiger partial charge in [0.05, 0.1) is 18.6 Å². The lowest BCUT2D eigenvalue weighted by atomic mass is 9.82. The van der Waals surface area contributed by atoms with Gasteiger partial charge in [0.15, 0.2) is 0 Å². The molecule has 0 spiro atoms. The second-order valence-corrected chi connectivity index (χ2v) is 2.71. The zero-order valence-corrected chi connectivity index (χ0v) is 6.44. The maximum absolute atomic E-state index is 11.2. The van der Waals surface area contributed by atoms with E-state index in [9.17, 15) is 4.79 Å². The van der Waals surface area contributed by atoms with Crippen molar-refractivity contribution in [1.29, 1.82) is 0 Å². The minimum Gasteiger partial charge on any atom is -0.379 e. The molecule has 1 heterocycles. The first-order chi connectivity index (χ1) is 4.75. The van der Waals surface area contributed by atoms with Gasteiger partial charge in [0, 0.05) is 7.05 Å². The monoisotopic (exact) mass is 143 g/mol. The van der Waals surface area contributed by atoms with Crippen molar-refractivity contribution < 1.29 is 9.53 Å². The molecule has 58 valence electrons. The van der Waals surface area contributed by atoms with Crippen LogP contribution in [0.15, 0.2) is 0 Å². The molecule has 0 atom stereocenters. The van der Waals surface area contributed by atoms with Crippen LogP contribution < -0.4 is 5.32 Å². The maximum Gasteiger partial charge on any atom is 0.230 e. The molecule has 3 nitrogen and oxygen atoms in total. The summed E-state index contributed by atoms with van der Waals surface area (Å²) in [4.78, 5) is 11.2. The summed E-state index contributed by atoms with van der Waals surface area (Å²) < 4.78 is 4.99. The third-order valence-corrected chi connectivity index (χ3v) is 2.14. The lowest BCUT2D eigenvalue weighted by Crippen LogP contribution is -2.52. The van der Waals surface area contributed by atoms with E-state index in [0.29, 0.717) is 13.2 Å². The van der Waals surface area contributed by atoms with Gasteiger partial charge in [-0.15, -0.1) is 0 Å². The summed E-state index contributed by atoms with van der Waals surface area (Å²) in [6.07, 6.45) is 0.868. The van der Waals surface area contributed by atoms with Gasteiger partial charge in [-0.2, -0.15) is 0 Å². The zero-order valence-electron chi connectivity index (χ0n) is 6.44. The number of ether oxygens (including phenoxy) is 1. The number of hydrogen-bond acceptors (Lipinski definition) is 2. The molecule has 1 aliphatic heterocycles. The van der Waals surface area contributed by atoms with E-state index in [1.165, 1.54) is 0 Å². The van der Waals surface area contributed by atoms with Crippen LogP contribution in [0.3, 0.4) is 0 Å². The predicted molar refractivity (Wildman–Crippen MR) is 37.6 cm³/mol. The molecule has 1 rings (SSSR count). The molecule has 1 aliphatic rings. The highest BCUT2D eigenvalue weighted by atomic mass is 16.5. The topological polar surface area (TPSA) is 38.3 Å². The van der Waals surface area contributed by atoms with Crippen molar-refractivity contribution in [2.45, 2.75) is 13.3 Å².